The van der Waals surface area contributed by atoms with Gasteiger partial charge in [-0.05, 0) is 61.4 Å². The van der Waals surface area contributed by atoms with Crippen LogP contribution in [0, 0.1) is 13.8 Å². The number of fused-ring (bicyclic) bond motifs is 1. The van der Waals surface area contributed by atoms with Crippen LogP contribution in [0.1, 0.15) is 36.5 Å². The Labute approximate surface area is 165 Å². The molecule has 3 nitrogen and oxygen atoms in total. The van der Waals surface area contributed by atoms with Crippen LogP contribution in [0.25, 0.3) is 11.0 Å². The minimum Gasteiger partial charge on any atom is -0.319 e. The second-order valence-corrected chi connectivity index (χ2v) is 7.80. The maximum atomic E-state index is 12.8. The zero-order valence-corrected chi connectivity index (χ0v) is 16.8. The Morgan fingerprint density at radius 2 is 1.85 bits per heavy atom. The van der Waals surface area contributed by atoms with Gasteiger partial charge in [-0.15, -0.1) is 0 Å². The highest BCUT2D eigenvalue weighted by atomic mass is 35.5. The van der Waals surface area contributed by atoms with Crippen LogP contribution in [0.5, 0.6) is 0 Å². The van der Waals surface area contributed by atoms with Crippen LogP contribution in [0.15, 0.2) is 34.6 Å². The number of aryl methyl sites for hydroxylation is 3. The van der Waals surface area contributed by atoms with Crippen molar-refractivity contribution in [3.05, 3.63) is 46.1 Å². The Hall–Kier alpha value is -1.73. The summed E-state index contributed by atoms with van der Waals surface area (Å²) in [6.07, 6.45) is -1.67. The summed E-state index contributed by atoms with van der Waals surface area (Å²) in [5.41, 5.74) is 3.33. The molecule has 3 rings (SSSR count). The third kappa shape index (κ3) is 4.24. The Morgan fingerprint density at radius 1 is 1.15 bits per heavy atom. The first kappa shape index (κ1) is 20.0. The van der Waals surface area contributed by atoms with Gasteiger partial charge in [-0.1, -0.05) is 24.9 Å². The molecule has 27 heavy (non-hydrogen) atoms. The first-order valence-corrected chi connectivity index (χ1v) is 9.78. The summed E-state index contributed by atoms with van der Waals surface area (Å²) in [7, 11) is 0. The van der Waals surface area contributed by atoms with Gasteiger partial charge in [0.25, 0.3) is 0 Å². The van der Waals surface area contributed by atoms with Gasteiger partial charge < -0.3 is 4.57 Å². The number of rotatable bonds is 5. The third-order valence-corrected chi connectivity index (χ3v) is 5.80. The molecule has 8 heteroatoms. The Bertz CT molecular complexity index is 982. The molecule has 0 atom stereocenters. The highest BCUT2D eigenvalue weighted by Gasteiger charge is 2.31. The fourth-order valence-corrected chi connectivity index (χ4v) is 3.87. The fraction of sp³-hybridized carbons (Fsp3) is 0.368. The van der Waals surface area contributed by atoms with Crippen LogP contribution in [0.3, 0.4) is 0 Å². The monoisotopic (exact) mass is 413 g/mol. The molecule has 3 aromatic rings. The summed E-state index contributed by atoms with van der Waals surface area (Å²) in [5, 5.41) is 0.958. The molecule has 0 saturated carbocycles. The van der Waals surface area contributed by atoms with Crippen molar-refractivity contribution in [2.45, 2.75) is 56.5 Å². The summed E-state index contributed by atoms with van der Waals surface area (Å²) in [4.78, 5) is 8.60. The average molecular weight is 414 g/mol. The lowest BCUT2D eigenvalue weighted by Gasteiger charge is -2.11. The maximum Gasteiger partial charge on any atom is 0.417 e. The van der Waals surface area contributed by atoms with Crippen LogP contribution in [-0.4, -0.2) is 14.5 Å². The van der Waals surface area contributed by atoms with E-state index in [1.807, 2.05) is 19.9 Å². The van der Waals surface area contributed by atoms with E-state index in [2.05, 4.69) is 27.5 Å². The van der Waals surface area contributed by atoms with E-state index in [-0.39, 0.29) is 5.02 Å². The topological polar surface area (TPSA) is 30.7 Å². The lowest BCUT2D eigenvalue weighted by atomic mass is 10.1. The van der Waals surface area contributed by atoms with E-state index in [0.29, 0.717) is 10.2 Å². The number of alkyl halides is 3. The van der Waals surface area contributed by atoms with Crippen LogP contribution < -0.4 is 0 Å². The third-order valence-electron chi connectivity index (χ3n) is 4.39. The zero-order valence-electron chi connectivity index (χ0n) is 15.2. The van der Waals surface area contributed by atoms with E-state index in [9.17, 15) is 13.2 Å². The van der Waals surface area contributed by atoms with Gasteiger partial charge in [-0.2, -0.15) is 13.2 Å². The van der Waals surface area contributed by atoms with Crippen LogP contribution in [-0.2, 0) is 12.7 Å². The SMILES string of the molecule is CCCCn1c(Sc2ncc(C(F)(F)F)cc2Cl)nc2cc(C)c(C)cc21. The Balaban J connectivity index is 2.03. The van der Waals surface area contributed by atoms with Crippen LogP contribution >= 0.6 is 23.4 Å². The van der Waals surface area contributed by atoms with Crippen LogP contribution in [0.2, 0.25) is 5.02 Å². The molecule has 0 unspecified atom stereocenters. The molecule has 0 fully saturated rings. The smallest absolute Gasteiger partial charge is 0.319 e. The van der Waals surface area contributed by atoms with Crippen molar-refractivity contribution in [3.63, 3.8) is 0 Å². The number of unbranched alkanes of at least 4 members (excludes halogenated alkanes) is 1. The number of hydrogen-bond donors (Lipinski definition) is 0. The number of benzene rings is 1. The first-order valence-electron chi connectivity index (χ1n) is 8.58. The van der Waals surface area contributed by atoms with Crippen molar-refractivity contribution in [2.24, 2.45) is 0 Å². The molecular formula is C19H19ClF3N3S. The number of hydrogen-bond acceptors (Lipinski definition) is 3. The summed E-state index contributed by atoms with van der Waals surface area (Å²) >= 11 is 7.26. The molecule has 0 aliphatic heterocycles. The van der Waals surface area contributed by atoms with Gasteiger partial charge in [0.05, 0.1) is 21.6 Å². The molecule has 0 spiro atoms. The van der Waals surface area contributed by atoms with Crippen LogP contribution in [0.4, 0.5) is 13.2 Å². The van der Waals surface area contributed by atoms with Crippen molar-refractivity contribution < 1.29 is 13.2 Å². The van der Waals surface area contributed by atoms with E-state index in [0.717, 1.165) is 48.2 Å². The molecule has 144 valence electrons. The molecule has 0 N–H and O–H groups in total. The number of aromatic nitrogens is 3. The van der Waals surface area contributed by atoms with Crippen molar-refractivity contribution in [1.29, 1.82) is 0 Å². The van der Waals surface area contributed by atoms with E-state index in [1.165, 1.54) is 17.3 Å². The Kier molecular flexibility index (Phi) is 5.72. The number of nitrogens with zero attached hydrogens (tertiary/aromatic N) is 3. The Morgan fingerprint density at radius 3 is 2.48 bits per heavy atom. The van der Waals surface area contributed by atoms with Crippen molar-refractivity contribution in [3.8, 4) is 0 Å². The molecule has 0 amide bonds. The van der Waals surface area contributed by atoms with Gasteiger partial charge >= 0.3 is 6.18 Å². The lowest BCUT2D eigenvalue weighted by molar-refractivity contribution is -0.137. The van der Waals surface area contributed by atoms with Gasteiger partial charge in [0, 0.05) is 12.7 Å². The number of halogens is 4. The highest BCUT2D eigenvalue weighted by Crippen LogP contribution is 2.37. The summed E-state index contributed by atoms with van der Waals surface area (Å²) in [6.45, 7) is 6.96. The van der Waals surface area contributed by atoms with Crippen molar-refractivity contribution in [2.75, 3.05) is 0 Å². The van der Waals surface area contributed by atoms with Gasteiger partial charge in [0.2, 0.25) is 0 Å². The van der Waals surface area contributed by atoms with Crippen molar-refractivity contribution in [1.82, 2.24) is 14.5 Å². The van der Waals surface area contributed by atoms with Gasteiger partial charge in [0.1, 0.15) is 5.03 Å². The van der Waals surface area contributed by atoms with Crippen molar-refractivity contribution >= 4 is 34.4 Å². The van der Waals surface area contributed by atoms with Gasteiger partial charge in [-0.3, -0.25) is 0 Å². The predicted octanol–water partition coefficient (Wildman–Crippen LogP) is 6.67. The first-order chi connectivity index (χ1) is 12.7. The predicted molar refractivity (Wildman–Crippen MR) is 102 cm³/mol. The molecule has 0 radical (unpaired) electrons. The lowest BCUT2D eigenvalue weighted by Crippen LogP contribution is -2.06. The van der Waals surface area contributed by atoms with Gasteiger partial charge in [0.15, 0.2) is 5.16 Å². The summed E-state index contributed by atoms with van der Waals surface area (Å²) in [5.74, 6) is 0. The standard InChI is InChI=1S/C19H19ClF3N3S/c1-4-5-6-26-16-8-12(3)11(2)7-15(16)25-18(26)27-17-14(20)9-13(10-24-17)19(21,22)23/h7-10H,4-6H2,1-3H3. The largest absolute Gasteiger partial charge is 0.417 e. The molecular weight excluding hydrogens is 395 g/mol. The maximum absolute atomic E-state index is 12.8. The molecule has 0 bridgehead atoms. The van der Waals surface area contributed by atoms with E-state index in [4.69, 9.17) is 11.6 Å². The quantitative estimate of drug-likeness (QED) is 0.468. The van der Waals surface area contributed by atoms with E-state index >= 15 is 0 Å². The second-order valence-electron chi connectivity index (χ2n) is 6.44. The number of pyridine rings is 1. The number of imidazole rings is 1. The zero-order chi connectivity index (χ0) is 19.8. The highest BCUT2D eigenvalue weighted by molar-refractivity contribution is 7.99. The summed E-state index contributed by atoms with van der Waals surface area (Å²) < 4.78 is 40.6. The fourth-order valence-electron chi connectivity index (χ4n) is 2.71. The molecule has 0 aliphatic rings. The molecule has 2 heterocycles. The van der Waals surface area contributed by atoms with E-state index < -0.39 is 11.7 Å². The van der Waals surface area contributed by atoms with E-state index in [1.54, 1.807) is 0 Å². The second kappa shape index (κ2) is 7.72. The minimum atomic E-state index is -4.47. The average Bonchev–Trinajstić information content (AvgIpc) is 2.90. The molecule has 0 aliphatic carbocycles. The summed E-state index contributed by atoms with van der Waals surface area (Å²) in [6, 6.07) is 5.03. The normalized spacial score (nSPS) is 12.1. The van der Waals surface area contributed by atoms with Gasteiger partial charge in [-0.25, -0.2) is 9.97 Å². The molecule has 1 aromatic carbocycles. The molecule has 0 saturated heterocycles. The molecule has 2 aromatic heterocycles. The minimum absolute atomic E-state index is 0.0312.